The lowest BCUT2D eigenvalue weighted by Gasteiger charge is -2.17. The van der Waals surface area contributed by atoms with E-state index in [-0.39, 0.29) is 5.91 Å². The molecule has 2 aromatic carbocycles. The number of benzene rings is 2. The Morgan fingerprint density at radius 2 is 1.92 bits per heavy atom. The van der Waals surface area contributed by atoms with Gasteiger partial charge in [0.2, 0.25) is 11.8 Å². The van der Waals surface area contributed by atoms with Gasteiger partial charge in [-0.25, -0.2) is 4.98 Å². The SMILES string of the molecule is CC(C)(C)C(=O)Nc1cccc(-c2nc3cc(Cl)cc(Cl)c3o2)c1. The third kappa shape index (κ3) is 3.40. The summed E-state index contributed by atoms with van der Waals surface area (Å²) in [5.41, 5.74) is 2.02. The normalized spacial score (nSPS) is 11.7. The van der Waals surface area contributed by atoms with E-state index in [0.29, 0.717) is 32.7 Å². The minimum absolute atomic E-state index is 0.0629. The van der Waals surface area contributed by atoms with Gasteiger partial charge in [-0.05, 0) is 30.3 Å². The maximum Gasteiger partial charge on any atom is 0.229 e. The van der Waals surface area contributed by atoms with Gasteiger partial charge in [-0.3, -0.25) is 4.79 Å². The predicted molar refractivity (Wildman–Crippen MR) is 97.5 cm³/mol. The van der Waals surface area contributed by atoms with E-state index in [9.17, 15) is 4.79 Å². The van der Waals surface area contributed by atoms with E-state index < -0.39 is 5.41 Å². The monoisotopic (exact) mass is 362 g/mol. The molecular formula is C18H16Cl2N2O2. The van der Waals surface area contributed by atoms with Crippen molar-refractivity contribution in [2.45, 2.75) is 20.8 Å². The molecule has 0 spiro atoms. The molecule has 1 amide bonds. The number of nitrogens with zero attached hydrogens (tertiary/aromatic N) is 1. The van der Waals surface area contributed by atoms with Crippen LogP contribution in [-0.2, 0) is 4.79 Å². The molecule has 0 aliphatic carbocycles. The molecule has 3 aromatic rings. The summed E-state index contributed by atoms with van der Waals surface area (Å²) < 4.78 is 5.75. The van der Waals surface area contributed by atoms with Crippen molar-refractivity contribution in [2.24, 2.45) is 5.41 Å². The summed E-state index contributed by atoms with van der Waals surface area (Å²) in [6.07, 6.45) is 0. The Labute approximate surface area is 149 Å². The molecular weight excluding hydrogens is 347 g/mol. The van der Waals surface area contributed by atoms with Gasteiger partial charge in [-0.1, -0.05) is 50.0 Å². The van der Waals surface area contributed by atoms with Gasteiger partial charge in [0, 0.05) is 21.7 Å². The van der Waals surface area contributed by atoms with Crippen LogP contribution in [0, 0.1) is 5.41 Å². The van der Waals surface area contributed by atoms with Gasteiger partial charge in [0.05, 0.1) is 5.02 Å². The number of fused-ring (bicyclic) bond motifs is 1. The third-order valence-corrected chi connectivity index (χ3v) is 3.96. The van der Waals surface area contributed by atoms with Gasteiger partial charge in [-0.15, -0.1) is 0 Å². The van der Waals surface area contributed by atoms with Crippen LogP contribution in [0.5, 0.6) is 0 Å². The lowest BCUT2D eigenvalue weighted by atomic mass is 9.95. The van der Waals surface area contributed by atoms with Crippen LogP contribution < -0.4 is 5.32 Å². The Hall–Kier alpha value is -2.04. The largest absolute Gasteiger partial charge is 0.435 e. The number of amides is 1. The first kappa shape index (κ1) is 16.8. The van der Waals surface area contributed by atoms with Crippen molar-refractivity contribution in [3.63, 3.8) is 0 Å². The first-order valence-electron chi connectivity index (χ1n) is 7.41. The fourth-order valence-electron chi connectivity index (χ4n) is 2.13. The van der Waals surface area contributed by atoms with E-state index in [4.69, 9.17) is 27.6 Å². The summed E-state index contributed by atoms with van der Waals surface area (Å²) >= 11 is 12.1. The highest BCUT2D eigenvalue weighted by Crippen LogP contribution is 2.32. The zero-order valence-electron chi connectivity index (χ0n) is 13.5. The Morgan fingerprint density at radius 1 is 1.17 bits per heavy atom. The maximum atomic E-state index is 12.1. The topological polar surface area (TPSA) is 55.1 Å². The Kier molecular flexibility index (Phi) is 4.28. The molecule has 0 aliphatic rings. The molecule has 1 N–H and O–H groups in total. The second-order valence-electron chi connectivity index (χ2n) is 6.54. The number of hydrogen-bond acceptors (Lipinski definition) is 3. The molecule has 0 aliphatic heterocycles. The van der Waals surface area contributed by atoms with Crippen molar-refractivity contribution in [2.75, 3.05) is 5.32 Å². The summed E-state index contributed by atoms with van der Waals surface area (Å²) in [5, 5.41) is 3.80. The zero-order valence-corrected chi connectivity index (χ0v) is 15.0. The minimum atomic E-state index is -0.474. The van der Waals surface area contributed by atoms with Crippen LogP contribution in [0.3, 0.4) is 0 Å². The van der Waals surface area contributed by atoms with E-state index in [2.05, 4.69) is 10.3 Å². The highest BCUT2D eigenvalue weighted by atomic mass is 35.5. The molecule has 24 heavy (non-hydrogen) atoms. The van der Waals surface area contributed by atoms with Crippen LogP contribution in [0.2, 0.25) is 10.0 Å². The first-order chi connectivity index (χ1) is 11.2. The number of aromatic nitrogens is 1. The van der Waals surface area contributed by atoms with Crippen molar-refractivity contribution >= 4 is 45.9 Å². The zero-order chi connectivity index (χ0) is 17.5. The van der Waals surface area contributed by atoms with Gasteiger partial charge < -0.3 is 9.73 Å². The van der Waals surface area contributed by atoms with Crippen LogP contribution in [-0.4, -0.2) is 10.9 Å². The van der Waals surface area contributed by atoms with Gasteiger partial charge in [-0.2, -0.15) is 0 Å². The number of carbonyl (C=O) groups is 1. The van der Waals surface area contributed by atoms with Crippen LogP contribution in [0.4, 0.5) is 5.69 Å². The van der Waals surface area contributed by atoms with Gasteiger partial charge in [0.25, 0.3) is 0 Å². The molecule has 0 fully saturated rings. The third-order valence-electron chi connectivity index (χ3n) is 3.46. The first-order valence-corrected chi connectivity index (χ1v) is 8.17. The van der Waals surface area contributed by atoms with Crippen LogP contribution in [0.1, 0.15) is 20.8 Å². The number of anilines is 1. The van der Waals surface area contributed by atoms with Gasteiger partial charge in [0.15, 0.2) is 5.58 Å². The van der Waals surface area contributed by atoms with Crippen LogP contribution in [0.15, 0.2) is 40.8 Å². The molecule has 6 heteroatoms. The summed E-state index contributed by atoms with van der Waals surface area (Å²) in [6, 6.07) is 10.6. The molecule has 0 saturated heterocycles. The Bertz CT molecular complexity index is 926. The number of hydrogen-bond donors (Lipinski definition) is 1. The standard InChI is InChI=1S/C18H16Cl2N2O2/c1-18(2,3)17(23)21-12-6-4-5-10(7-12)16-22-14-9-11(19)8-13(20)15(14)24-16/h4-9H,1-3H3,(H,21,23). The quantitative estimate of drug-likeness (QED) is 0.627. The number of halogens is 2. The smallest absolute Gasteiger partial charge is 0.229 e. The number of oxazole rings is 1. The molecule has 1 heterocycles. The number of carbonyl (C=O) groups excluding carboxylic acids is 1. The van der Waals surface area contributed by atoms with Crippen molar-refractivity contribution < 1.29 is 9.21 Å². The van der Waals surface area contributed by atoms with E-state index in [1.54, 1.807) is 12.1 Å². The van der Waals surface area contributed by atoms with Crippen molar-refractivity contribution in [3.05, 3.63) is 46.4 Å². The second kappa shape index (κ2) is 6.11. The molecule has 0 atom stereocenters. The summed E-state index contributed by atoms with van der Waals surface area (Å²) in [5.74, 6) is 0.355. The maximum absolute atomic E-state index is 12.1. The van der Waals surface area contributed by atoms with E-state index in [0.717, 1.165) is 5.56 Å². The Balaban J connectivity index is 1.97. The van der Waals surface area contributed by atoms with E-state index >= 15 is 0 Å². The lowest BCUT2D eigenvalue weighted by molar-refractivity contribution is -0.123. The van der Waals surface area contributed by atoms with E-state index in [1.165, 1.54) is 0 Å². The van der Waals surface area contributed by atoms with Crippen molar-refractivity contribution in [3.8, 4) is 11.5 Å². The highest BCUT2D eigenvalue weighted by Gasteiger charge is 2.21. The Morgan fingerprint density at radius 3 is 2.62 bits per heavy atom. The fourth-order valence-corrected chi connectivity index (χ4v) is 2.65. The van der Waals surface area contributed by atoms with Crippen LogP contribution in [0.25, 0.3) is 22.6 Å². The van der Waals surface area contributed by atoms with E-state index in [1.807, 2.05) is 45.0 Å². The summed E-state index contributed by atoms with van der Waals surface area (Å²) in [7, 11) is 0. The summed E-state index contributed by atoms with van der Waals surface area (Å²) in [4.78, 5) is 16.5. The molecule has 1 aromatic heterocycles. The fraction of sp³-hybridized carbons (Fsp3) is 0.222. The van der Waals surface area contributed by atoms with Gasteiger partial charge >= 0.3 is 0 Å². The van der Waals surface area contributed by atoms with Crippen molar-refractivity contribution in [1.82, 2.24) is 4.98 Å². The average molecular weight is 363 g/mol. The molecule has 0 bridgehead atoms. The summed E-state index contributed by atoms with van der Waals surface area (Å²) in [6.45, 7) is 5.58. The van der Waals surface area contributed by atoms with Crippen LogP contribution >= 0.6 is 23.2 Å². The van der Waals surface area contributed by atoms with Crippen molar-refractivity contribution in [1.29, 1.82) is 0 Å². The highest BCUT2D eigenvalue weighted by molar-refractivity contribution is 6.38. The molecule has 0 radical (unpaired) electrons. The molecule has 3 rings (SSSR count). The van der Waals surface area contributed by atoms with Gasteiger partial charge in [0.1, 0.15) is 5.52 Å². The average Bonchev–Trinajstić information content (AvgIpc) is 2.91. The lowest BCUT2D eigenvalue weighted by Crippen LogP contribution is -2.27. The second-order valence-corrected chi connectivity index (χ2v) is 7.38. The molecule has 0 unspecified atom stereocenters. The molecule has 0 saturated carbocycles. The number of rotatable bonds is 2. The minimum Gasteiger partial charge on any atom is -0.435 e. The number of nitrogens with one attached hydrogen (secondary N) is 1. The molecule has 124 valence electrons. The molecule has 4 nitrogen and oxygen atoms in total. The predicted octanol–water partition coefficient (Wildman–Crippen LogP) is 5.79.